The Balaban J connectivity index is 1.55. The molecule has 4 rings (SSSR count). The summed E-state index contributed by atoms with van der Waals surface area (Å²) in [5, 5.41) is 6.10. The molecule has 0 amide bonds. The summed E-state index contributed by atoms with van der Waals surface area (Å²) < 4.78 is 0. The first kappa shape index (κ1) is 15.5. The van der Waals surface area contributed by atoms with E-state index < -0.39 is 0 Å². The highest BCUT2D eigenvalue weighted by atomic mass is 35.5. The number of likely N-dealkylation sites (tertiary alicyclic amines) is 1. The maximum absolute atomic E-state index is 6.20. The predicted octanol–water partition coefficient (Wildman–Crippen LogP) is 4.27. The van der Waals surface area contributed by atoms with Gasteiger partial charge in [-0.05, 0) is 75.5 Å². The summed E-state index contributed by atoms with van der Waals surface area (Å²) >= 11 is 6.20. The lowest BCUT2D eigenvalue weighted by molar-refractivity contribution is 0.195. The summed E-state index contributed by atoms with van der Waals surface area (Å²) in [6, 6.07) is 7.35. The number of aromatic amines is 1. The topological polar surface area (TPSA) is 31.1 Å². The molecule has 1 fully saturated rings. The maximum atomic E-state index is 6.20. The smallest absolute Gasteiger partial charge is 0.0478 e. The third-order valence-corrected chi connectivity index (χ3v) is 5.88. The van der Waals surface area contributed by atoms with E-state index in [1.54, 1.807) is 0 Å². The summed E-state index contributed by atoms with van der Waals surface area (Å²) in [7, 11) is 0. The number of fused-ring (bicyclic) bond motifs is 3. The Kier molecular flexibility index (Phi) is 4.35. The molecular weight excluding hydrogens is 306 g/mol. The van der Waals surface area contributed by atoms with Gasteiger partial charge in [0.2, 0.25) is 0 Å². The number of hydrogen-bond acceptors (Lipinski definition) is 2. The fourth-order valence-electron chi connectivity index (χ4n) is 4.30. The normalized spacial score (nSPS) is 23.3. The van der Waals surface area contributed by atoms with E-state index >= 15 is 0 Å². The number of benzene rings is 1. The quantitative estimate of drug-likeness (QED) is 0.879. The number of nitrogens with zero attached hydrogens (tertiary/aromatic N) is 1. The molecule has 0 saturated carbocycles. The van der Waals surface area contributed by atoms with E-state index in [9.17, 15) is 0 Å². The molecule has 0 radical (unpaired) electrons. The number of aryl methyl sites for hydroxylation is 1. The van der Waals surface area contributed by atoms with Crippen LogP contribution in [0.3, 0.4) is 0 Å². The summed E-state index contributed by atoms with van der Waals surface area (Å²) in [6.45, 7) is 5.91. The van der Waals surface area contributed by atoms with E-state index in [1.807, 2.05) is 6.07 Å². The molecule has 1 atom stereocenters. The van der Waals surface area contributed by atoms with Crippen molar-refractivity contribution in [2.45, 2.75) is 51.1 Å². The van der Waals surface area contributed by atoms with Crippen molar-refractivity contribution in [3.05, 3.63) is 34.5 Å². The Hall–Kier alpha value is -1.03. The van der Waals surface area contributed by atoms with E-state index in [4.69, 9.17) is 11.6 Å². The first-order valence-electron chi connectivity index (χ1n) is 9.03. The van der Waals surface area contributed by atoms with Gasteiger partial charge in [-0.3, -0.25) is 0 Å². The predicted molar refractivity (Wildman–Crippen MR) is 97.3 cm³/mol. The van der Waals surface area contributed by atoms with Crippen LogP contribution in [0.25, 0.3) is 10.9 Å². The van der Waals surface area contributed by atoms with Gasteiger partial charge in [-0.25, -0.2) is 0 Å². The van der Waals surface area contributed by atoms with Gasteiger partial charge in [0.15, 0.2) is 0 Å². The zero-order valence-corrected chi connectivity index (χ0v) is 14.6. The highest BCUT2D eigenvalue weighted by molar-refractivity contribution is 6.31. The third-order valence-electron chi connectivity index (χ3n) is 5.64. The molecule has 23 heavy (non-hydrogen) atoms. The van der Waals surface area contributed by atoms with Crippen LogP contribution < -0.4 is 5.32 Å². The molecule has 3 nitrogen and oxygen atoms in total. The largest absolute Gasteiger partial charge is 0.357 e. The van der Waals surface area contributed by atoms with Gasteiger partial charge in [0.25, 0.3) is 0 Å². The van der Waals surface area contributed by atoms with E-state index in [0.717, 1.165) is 5.02 Å². The Morgan fingerprint density at radius 3 is 2.87 bits per heavy atom. The Labute approximate surface area is 143 Å². The van der Waals surface area contributed by atoms with Crippen LogP contribution in [0.2, 0.25) is 5.02 Å². The van der Waals surface area contributed by atoms with Crippen molar-refractivity contribution in [2.24, 2.45) is 0 Å². The minimum Gasteiger partial charge on any atom is -0.357 e. The zero-order chi connectivity index (χ0) is 15.8. The van der Waals surface area contributed by atoms with Crippen LogP contribution in [0.1, 0.15) is 49.9 Å². The second-order valence-corrected chi connectivity index (χ2v) is 7.46. The van der Waals surface area contributed by atoms with Gasteiger partial charge in [0.05, 0.1) is 0 Å². The van der Waals surface area contributed by atoms with Crippen LogP contribution in [0.4, 0.5) is 0 Å². The standard InChI is InChI=1S/C19H26ClN3/c1-2-23-10-8-14(9-11-23)21-18-5-3-4-15-16-12-13(20)6-7-17(16)22-19(15)18/h6-7,12,14,18,21-22H,2-5,8-11H2,1H3. The Morgan fingerprint density at radius 1 is 1.26 bits per heavy atom. The van der Waals surface area contributed by atoms with Crippen LogP contribution in [-0.2, 0) is 6.42 Å². The highest BCUT2D eigenvalue weighted by Crippen LogP contribution is 2.36. The van der Waals surface area contributed by atoms with Crippen LogP contribution in [0.5, 0.6) is 0 Å². The summed E-state index contributed by atoms with van der Waals surface area (Å²) in [4.78, 5) is 6.22. The number of aromatic nitrogens is 1. The minimum absolute atomic E-state index is 0.475. The number of halogens is 1. The SMILES string of the molecule is CCN1CCC(NC2CCCc3c2[nH]c2ccc(Cl)cc32)CC1. The highest BCUT2D eigenvalue weighted by Gasteiger charge is 2.27. The van der Waals surface area contributed by atoms with Crippen molar-refractivity contribution in [1.82, 2.24) is 15.2 Å². The van der Waals surface area contributed by atoms with Crippen molar-refractivity contribution in [2.75, 3.05) is 19.6 Å². The molecule has 2 N–H and O–H groups in total. The molecule has 124 valence electrons. The number of piperidine rings is 1. The van der Waals surface area contributed by atoms with Gasteiger partial charge >= 0.3 is 0 Å². The molecule has 1 saturated heterocycles. The van der Waals surface area contributed by atoms with Gasteiger partial charge < -0.3 is 15.2 Å². The lowest BCUT2D eigenvalue weighted by atomic mass is 9.90. The van der Waals surface area contributed by atoms with Crippen molar-refractivity contribution < 1.29 is 0 Å². The minimum atomic E-state index is 0.475. The van der Waals surface area contributed by atoms with Gasteiger partial charge in [0, 0.05) is 33.7 Å². The molecule has 2 aliphatic rings. The van der Waals surface area contributed by atoms with Crippen LogP contribution in [0.15, 0.2) is 18.2 Å². The summed E-state index contributed by atoms with van der Waals surface area (Å²) in [6.07, 6.45) is 6.21. The summed E-state index contributed by atoms with van der Waals surface area (Å²) in [5.74, 6) is 0. The number of rotatable bonds is 3. The van der Waals surface area contributed by atoms with Gasteiger partial charge in [-0.15, -0.1) is 0 Å². The molecule has 2 heterocycles. The number of hydrogen-bond donors (Lipinski definition) is 2. The average Bonchev–Trinajstić information content (AvgIpc) is 2.95. The molecule has 1 aromatic carbocycles. The zero-order valence-electron chi connectivity index (χ0n) is 13.9. The first-order chi connectivity index (χ1) is 11.2. The molecule has 4 heteroatoms. The number of H-pyrrole nitrogens is 1. The van der Waals surface area contributed by atoms with Crippen molar-refractivity contribution >= 4 is 22.5 Å². The average molecular weight is 332 g/mol. The van der Waals surface area contributed by atoms with E-state index in [0.29, 0.717) is 12.1 Å². The first-order valence-corrected chi connectivity index (χ1v) is 9.41. The molecule has 0 spiro atoms. The van der Waals surface area contributed by atoms with Crippen LogP contribution in [0, 0.1) is 0 Å². The van der Waals surface area contributed by atoms with E-state index in [2.05, 4.69) is 34.3 Å². The van der Waals surface area contributed by atoms with Crippen molar-refractivity contribution in [3.63, 3.8) is 0 Å². The van der Waals surface area contributed by atoms with Gasteiger partial charge in [0.1, 0.15) is 0 Å². The monoisotopic (exact) mass is 331 g/mol. The molecule has 1 aromatic heterocycles. The van der Waals surface area contributed by atoms with Gasteiger partial charge in [-0.2, -0.15) is 0 Å². The number of nitrogens with one attached hydrogen (secondary N) is 2. The summed E-state index contributed by atoms with van der Waals surface area (Å²) in [5.41, 5.74) is 4.12. The third kappa shape index (κ3) is 3.02. The lowest BCUT2D eigenvalue weighted by Gasteiger charge is -2.35. The Morgan fingerprint density at radius 2 is 2.09 bits per heavy atom. The Bertz CT molecular complexity index is 685. The lowest BCUT2D eigenvalue weighted by Crippen LogP contribution is -2.44. The molecular formula is C19H26ClN3. The molecule has 1 aliphatic heterocycles. The van der Waals surface area contributed by atoms with E-state index in [1.165, 1.54) is 73.9 Å². The molecule has 2 aromatic rings. The van der Waals surface area contributed by atoms with E-state index in [-0.39, 0.29) is 0 Å². The van der Waals surface area contributed by atoms with Gasteiger partial charge in [-0.1, -0.05) is 18.5 Å². The van der Waals surface area contributed by atoms with Crippen molar-refractivity contribution in [3.8, 4) is 0 Å². The molecule has 0 bridgehead atoms. The molecule has 1 unspecified atom stereocenters. The fourth-order valence-corrected chi connectivity index (χ4v) is 4.47. The second-order valence-electron chi connectivity index (χ2n) is 7.03. The van der Waals surface area contributed by atoms with Crippen LogP contribution in [-0.4, -0.2) is 35.6 Å². The van der Waals surface area contributed by atoms with Crippen molar-refractivity contribution in [1.29, 1.82) is 0 Å². The molecule has 1 aliphatic carbocycles. The van der Waals surface area contributed by atoms with Crippen LogP contribution >= 0.6 is 11.6 Å². The maximum Gasteiger partial charge on any atom is 0.0478 e. The fraction of sp³-hybridized carbons (Fsp3) is 0.579. The second kappa shape index (κ2) is 6.46.